The predicted octanol–water partition coefficient (Wildman–Crippen LogP) is 27.0. The number of anilines is 4. The zero-order chi connectivity index (χ0) is 68.4. The molecule has 0 spiro atoms. The molecular weight excluding hydrogens is 1380 g/mol. The summed E-state index contributed by atoms with van der Waals surface area (Å²) in [6.07, 6.45) is 1.95. The third kappa shape index (κ3) is 12.6. The number of aromatic nitrogens is 2. The van der Waals surface area contributed by atoms with Crippen LogP contribution in [0.15, 0.2) is 164 Å². The van der Waals surface area contributed by atoms with Crippen molar-refractivity contribution in [1.82, 2.24) is 9.55 Å². The van der Waals surface area contributed by atoms with Crippen LogP contribution in [0.25, 0.3) is 81.2 Å². The first-order valence-electron chi connectivity index (χ1n) is 35.2. The predicted molar refractivity (Wildman–Crippen MR) is 414 cm³/mol. The molecular formula is C90H97N4OPtS-3. The van der Waals surface area contributed by atoms with Crippen LogP contribution >= 0.6 is 11.3 Å². The summed E-state index contributed by atoms with van der Waals surface area (Å²) in [6, 6.07) is 67.7. The standard InChI is InChI=1S/C90H97N4OS.Pt/c1-52(2)58-44-70(54(5)6)83(71(45-58)55(7)8)68-29-26-30-69(84-72(56(9)10)46-59(53(3)4)47-73(84)57(11)12)86(68)93-51-92(76-33-23-24-34-77(76)93)62-42-60(82-74(89(16,17)18)31-27-32-75(82)90(19,20)21)43-64(49-62)95-63-36-37-67-79(50-63)94(81-48-61(40-41-91-81)88(13,14)15)78-39-38-66-65-28-22-25-35-80(65)96-87(66)85(67)78;/h22-48,51-57H,1-21H3;/q-3;. The summed E-state index contributed by atoms with van der Waals surface area (Å²) < 4.78 is 12.3. The monoisotopic (exact) mass is 1480 g/mol. The van der Waals surface area contributed by atoms with E-state index in [2.05, 4.69) is 336 Å². The minimum atomic E-state index is -0.195. The molecule has 0 saturated carbocycles. The molecule has 97 heavy (non-hydrogen) atoms. The van der Waals surface area contributed by atoms with Crippen molar-refractivity contribution in [2.45, 2.75) is 197 Å². The van der Waals surface area contributed by atoms with Crippen LogP contribution in [0.3, 0.4) is 0 Å². The van der Waals surface area contributed by atoms with E-state index in [4.69, 9.17) is 9.72 Å². The SMILES string of the molecule is CC(C)c1cc(C(C)C)c(-c2cccc(-c3c(C(C)C)cc(C(C)C)cc3C(C)C)c2N2[CH-]N(c3[c-]c(Oc4[c-]c5c(cc4)c4c6sc7ccccc7c6ccc4n5-c4cc(C(C)(C)C)ccn4)cc(-c4c(C(C)(C)C)cccc4C(C)(C)C)c3)c3ccccc32)c(C(C)C)c1.[Pt]. The molecule has 0 bridgehead atoms. The largest absolute Gasteiger partial charge is 0.509 e. The first-order chi connectivity index (χ1) is 45.5. The van der Waals surface area contributed by atoms with E-state index in [1.807, 2.05) is 17.5 Å². The Hall–Kier alpha value is -7.76. The van der Waals surface area contributed by atoms with Crippen LogP contribution in [0.2, 0.25) is 0 Å². The Bertz CT molecular complexity index is 4810. The molecule has 0 unspecified atom stereocenters. The summed E-state index contributed by atoms with van der Waals surface area (Å²) in [7, 11) is 0. The van der Waals surface area contributed by atoms with Crippen LogP contribution in [-0.4, -0.2) is 9.55 Å². The van der Waals surface area contributed by atoms with Gasteiger partial charge in [-0.25, -0.2) is 4.98 Å². The number of thiophene rings is 1. The second-order valence-corrected chi connectivity index (χ2v) is 33.1. The van der Waals surface area contributed by atoms with Crippen molar-refractivity contribution in [2.75, 3.05) is 9.80 Å². The quantitative estimate of drug-likeness (QED) is 0.102. The van der Waals surface area contributed by atoms with Gasteiger partial charge in [0.15, 0.2) is 0 Å². The molecule has 0 saturated heterocycles. The fourth-order valence-corrected chi connectivity index (χ4v) is 16.1. The third-order valence-corrected chi connectivity index (χ3v) is 21.2. The van der Waals surface area contributed by atoms with Crippen molar-refractivity contribution >= 4 is 76.1 Å². The molecule has 4 heterocycles. The molecule has 1 aliphatic heterocycles. The molecule has 0 amide bonds. The third-order valence-electron chi connectivity index (χ3n) is 20.0. The van der Waals surface area contributed by atoms with E-state index in [9.17, 15) is 0 Å². The number of rotatable bonds is 14. The van der Waals surface area contributed by atoms with Gasteiger partial charge in [-0.2, -0.15) is 6.07 Å². The topological polar surface area (TPSA) is 33.5 Å². The van der Waals surface area contributed by atoms with E-state index >= 15 is 0 Å². The van der Waals surface area contributed by atoms with Gasteiger partial charge in [-0.3, -0.25) is 0 Å². The summed E-state index contributed by atoms with van der Waals surface area (Å²) in [5.41, 5.74) is 25.1. The Morgan fingerprint density at radius 3 is 1.53 bits per heavy atom. The van der Waals surface area contributed by atoms with Crippen LogP contribution < -0.4 is 14.5 Å². The van der Waals surface area contributed by atoms with Gasteiger partial charge in [0, 0.05) is 92.6 Å². The maximum absolute atomic E-state index is 7.45. The van der Waals surface area contributed by atoms with Crippen molar-refractivity contribution < 1.29 is 25.8 Å². The molecule has 3 aromatic heterocycles. The molecule has 0 atom stereocenters. The minimum Gasteiger partial charge on any atom is -0.509 e. The van der Waals surface area contributed by atoms with E-state index in [1.165, 1.54) is 109 Å². The Morgan fingerprint density at radius 1 is 0.464 bits per heavy atom. The van der Waals surface area contributed by atoms with Crippen molar-refractivity contribution in [3.05, 3.63) is 233 Å². The molecule has 0 aliphatic carbocycles. The van der Waals surface area contributed by atoms with Gasteiger partial charge in [0.05, 0.1) is 0 Å². The Labute approximate surface area is 597 Å². The van der Waals surface area contributed by atoms with Gasteiger partial charge in [0.1, 0.15) is 5.82 Å². The number of fused-ring (bicyclic) bond motifs is 8. The minimum absolute atomic E-state index is 0. The molecule has 502 valence electrons. The zero-order valence-electron chi connectivity index (χ0n) is 61.1. The maximum Gasteiger partial charge on any atom is 0.135 e. The number of para-hydroxylation sites is 3. The van der Waals surface area contributed by atoms with Crippen LogP contribution in [0.5, 0.6) is 11.5 Å². The fraction of sp³-hybridized carbons (Fsp3) is 0.333. The van der Waals surface area contributed by atoms with Gasteiger partial charge < -0.3 is 19.1 Å². The number of benzene rings is 9. The normalized spacial score (nSPS) is 13.2. The molecule has 0 fully saturated rings. The second kappa shape index (κ2) is 26.2. The Kier molecular flexibility index (Phi) is 18.6. The van der Waals surface area contributed by atoms with Crippen LogP contribution in [-0.2, 0) is 37.3 Å². The van der Waals surface area contributed by atoms with Gasteiger partial charge in [0.25, 0.3) is 0 Å². The Morgan fingerprint density at radius 2 is 0.990 bits per heavy atom. The molecule has 5 nitrogen and oxygen atoms in total. The molecule has 13 rings (SSSR count). The fourth-order valence-electron chi connectivity index (χ4n) is 14.8. The molecule has 9 aromatic carbocycles. The van der Waals surface area contributed by atoms with Gasteiger partial charge in [-0.05, 0) is 160 Å². The summed E-state index contributed by atoms with van der Waals surface area (Å²) in [5, 5.41) is 4.81. The molecule has 1 aliphatic rings. The van der Waals surface area contributed by atoms with Crippen molar-refractivity contribution in [2.24, 2.45) is 0 Å². The van der Waals surface area contributed by atoms with Crippen molar-refractivity contribution in [3.63, 3.8) is 0 Å². The number of hydrogen-bond donors (Lipinski definition) is 0. The van der Waals surface area contributed by atoms with Gasteiger partial charge in [-0.15, -0.1) is 65.0 Å². The average Bonchev–Trinajstić information content (AvgIpc) is 1.63. The van der Waals surface area contributed by atoms with Crippen LogP contribution in [0.4, 0.5) is 22.7 Å². The van der Waals surface area contributed by atoms with E-state index in [0.29, 0.717) is 23.3 Å². The molecule has 0 radical (unpaired) electrons. The first kappa shape index (κ1) is 69.2. The summed E-state index contributed by atoms with van der Waals surface area (Å²) >= 11 is 1.85. The van der Waals surface area contributed by atoms with Crippen LogP contribution in [0.1, 0.15) is 231 Å². The summed E-state index contributed by atoms with van der Waals surface area (Å²) in [4.78, 5) is 10.0. The first-order valence-corrected chi connectivity index (χ1v) is 36.0. The number of nitrogens with zero attached hydrogens (tertiary/aromatic N) is 4. The van der Waals surface area contributed by atoms with Gasteiger partial charge >= 0.3 is 0 Å². The van der Waals surface area contributed by atoms with Gasteiger partial charge in [-0.1, -0.05) is 248 Å². The zero-order valence-corrected chi connectivity index (χ0v) is 64.1. The van der Waals surface area contributed by atoms with Gasteiger partial charge in [0.2, 0.25) is 0 Å². The smallest absolute Gasteiger partial charge is 0.135 e. The number of hydrogen-bond acceptors (Lipinski definition) is 5. The van der Waals surface area contributed by atoms with Crippen LogP contribution in [0, 0.1) is 18.8 Å². The second-order valence-electron chi connectivity index (χ2n) is 32.1. The van der Waals surface area contributed by atoms with E-state index in [1.54, 1.807) is 0 Å². The molecule has 12 aromatic rings. The number of pyridine rings is 1. The van der Waals surface area contributed by atoms with E-state index in [0.717, 1.165) is 44.9 Å². The molecule has 0 N–H and O–H groups in total. The Balaban J connectivity index is 0.00000897. The van der Waals surface area contributed by atoms with E-state index < -0.39 is 0 Å². The summed E-state index contributed by atoms with van der Waals surface area (Å²) in [6.45, 7) is 51.5. The average molecular weight is 1480 g/mol. The maximum atomic E-state index is 7.45. The summed E-state index contributed by atoms with van der Waals surface area (Å²) in [5.74, 6) is 3.85. The number of ether oxygens (including phenoxy) is 1. The van der Waals surface area contributed by atoms with Crippen molar-refractivity contribution in [3.8, 4) is 50.7 Å². The van der Waals surface area contributed by atoms with E-state index in [-0.39, 0.29) is 61.0 Å². The molecule has 7 heteroatoms. The van der Waals surface area contributed by atoms with Crippen molar-refractivity contribution in [1.29, 1.82) is 0 Å².